The topological polar surface area (TPSA) is 51.8 Å². The monoisotopic (exact) mass is 778 g/mol. The summed E-state index contributed by atoms with van der Waals surface area (Å²) in [5, 5.41) is 1.12. The molecule has 7 aromatic rings. The summed E-state index contributed by atoms with van der Waals surface area (Å²) in [5.74, 6) is 0.876. The number of hydrogen-bond acceptors (Lipinski definition) is 4. The van der Waals surface area contributed by atoms with Gasteiger partial charge in [-0.3, -0.25) is 4.98 Å². The van der Waals surface area contributed by atoms with Crippen LogP contribution in [0.1, 0.15) is 37.6 Å². The van der Waals surface area contributed by atoms with Crippen molar-refractivity contribution in [2.45, 2.75) is 40.0 Å². The molecule has 0 bridgehead atoms. The van der Waals surface area contributed by atoms with E-state index in [1.807, 2.05) is 67.0 Å². The van der Waals surface area contributed by atoms with E-state index < -0.39 is 0 Å². The van der Waals surface area contributed by atoms with Crippen molar-refractivity contribution in [3.63, 3.8) is 0 Å². The number of pyridine rings is 3. The Labute approximate surface area is 285 Å². The van der Waals surface area contributed by atoms with Gasteiger partial charge < -0.3 is 14.4 Å². The van der Waals surface area contributed by atoms with Gasteiger partial charge in [0.05, 0.1) is 0 Å². The molecule has 4 nitrogen and oxygen atoms in total. The molecule has 3 aromatic carbocycles. The third-order valence-corrected chi connectivity index (χ3v) is 7.71. The molecule has 0 atom stereocenters. The zero-order valence-electron chi connectivity index (χ0n) is 26.6. The van der Waals surface area contributed by atoms with Crippen molar-refractivity contribution in [2.24, 2.45) is 0 Å². The van der Waals surface area contributed by atoms with Gasteiger partial charge >= 0.3 is 0 Å². The quantitative estimate of drug-likeness (QED) is 0.167. The van der Waals surface area contributed by atoms with E-state index in [2.05, 4.69) is 110 Å². The van der Waals surface area contributed by atoms with Crippen LogP contribution in [-0.2, 0) is 25.5 Å². The summed E-state index contributed by atoms with van der Waals surface area (Å²) in [4.78, 5) is 13.4. The predicted octanol–water partition coefficient (Wildman–Crippen LogP) is 10.5. The molecule has 4 heterocycles. The molecule has 0 saturated heterocycles. The molecule has 0 N–H and O–H groups in total. The summed E-state index contributed by atoms with van der Waals surface area (Å²) < 4.78 is 6.25. The van der Waals surface area contributed by atoms with Crippen LogP contribution < -0.4 is 0 Å². The minimum atomic E-state index is 0. The average molecular weight is 778 g/mol. The van der Waals surface area contributed by atoms with Gasteiger partial charge in [0.15, 0.2) is 0 Å². The second-order valence-corrected chi connectivity index (χ2v) is 12.1. The molecule has 5 heteroatoms. The van der Waals surface area contributed by atoms with E-state index in [4.69, 9.17) is 4.42 Å². The molecule has 1 radical (unpaired) electrons. The van der Waals surface area contributed by atoms with E-state index in [-0.39, 0.29) is 25.5 Å². The van der Waals surface area contributed by atoms with Crippen LogP contribution in [0.3, 0.4) is 0 Å². The van der Waals surface area contributed by atoms with Crippen LogP contribution >= 0.6 is 0 Å². The molecular formula is C41H35IrN3O-2. The van der Waals surface area contributed by atoms with Crippen molar-refractivity contribution in [1.82, 2.24) is 15.0 Å². The molecule has 0 aliphatic carbocycles. The molecule has 0 fully saturated rings. The van der Waals surface area contributed by atoms with Crippen LogP contribution in [0, 0.1) is 26.0 Å². The smallest absolute Gasteiger partial charge is 0.139 e. The molecule has 4 aromatic heterocycles. The molecule has 7 rings (SSSR count). The van der Waals surface area contributed by atoms with E-state index in [1.54, 1.807) is 6.20 Å². The summed E-state index contributed by atoms with van der Waals surface area (Å²) >= 11 is 0. The molecule has 231 valence electrons. The second-order valence-electron chi connectivity index (χ2n) is 12.1. The van der Waals surface area contributed by atoms with Gasteiger partial charge in [0.1, 0.15) is 11.3 Å². The number of fused-ring (bicyclic) bond motifs is 1. The molecule has 0 amide bonds. The Morgan fingerprint density at radius 3 is 2.09 bits per heavy atom. The first-order valence-corrected chi connectivity index (χ1v) is 15.1. The van der Waals surface area contributed by atoms with E-state index >= 15 is 0 Å². The fraction of sp³-hybridized carbons (Fsp3) is 0.146. The molecular weight excluding hydrogens is 743 g/mol. The van der Waals surface area contributed by atoms with Gasteiger partial charge in [-0.2, -0.15) is 0 Å². The van der Waals surface area contributed by atoms with Crippen molar-refractivity contribution < 1.29 is 24.5 Å². The third kappa shape index (κ3) is 7.39. The summed E-state index contributed by atoms with van der Waals surface area (Å²) in [7, 11) is 0. The predicted molar refractivity (Wildman–Crippen MR) is 184 cm³/mol. The van der Waals surface area contributed by atoms with Gasteiger partial charge in [-0.15, -0.1) is 71.3 Å². The van der Waals surface area contributed by atoms with Crippen molar-refractivity contribution in [2.75, 3.05) is 0 Å². The fourth-order valence-electron chi connectivity index (χ4n) is 5.20. The van der Waals surface area contributed by atoms with Gasteiger partial charge in [0, 0.05) is 66.3 Å². The summed E-state index contributed by atoms with van der Waals surface area (Å²) in [6.45, 7) is 10.7. The van der Waals surface area contributed by atoms with Crippen LogP contribution in [0.5, 0.6) is 0 Å². The van der Waals surface area contributed by atoms with Gasteiger partial charge in [0.25, 0.3) is 0 Å². The number of aromatic nitrogens is 3. The van der Waals surface area contributed by atoms with Crippen LogP contribution in [0.4, 0.5) is 0 Å². The molecule has 0 spiro atoms. The minimum absolute atomic E-state index is 0. The number of hydrogen-bond donors (Lipinski definition) is 0. The number of rotatable bonds is 4. The first-order valence-electron chi connectivity index (χ1n) is 15.1. The van der Waals surface area contributed by atoms with Crippen LogP contribution in [0.2, 0.25) is 0 Å². The number of nitrogens with zero attached hydrogens (tertiary/aromatic N) is 3. The normalized spacial score (nSPS) is 11.0. The number of benzene rings is 3. The zero-order chi connectivity index (χ0) is 31.4. The summed E-state index contributed by atoms with van der Waals surface area (Å²) in [6.07, 6.45) is 5.55. The largest absolute Gasteiger partial charge is 0.456 e. The van der Waals surface area contributed by atoms with Crippen LogP contribution in [0.25, 0.3) is 55.9 Å². The van der Waals surface area contributed by atoms with Crippen molar-refractivity contribution >= 4 is 11.0 Å². The number of furan rings is 1. The summed E-state index contributed by atoms with van der Waals surface area (Å²) in [6, 6.07) is 41.0. The standard InChI is InChI=1S/C30H27N2O.C11H8N.Ir/c1-19-13-14-31-26(15-19)23-8-6-7-21(16-23)22-9-11-27-25(17-22)20(2)29(33-27)24-10-12-28(32-18-24)30(3,4)5;1-2-6-10(7-3-1)11-8-4-5-9-12-11;/h6-7,9-18H,1-5H3;1-6,8-9H;/q2*-1;. The van der Waals surface area contributed by atoms with Crippen molar-refractivity contribution in [3.8, 4) is 45.0 Å². The Morgan fingerprint density at radius 2 is 1.39 bits per heavy atom. The average Bonchev–Trinajstić information content (AvgIpc) is 3.41. The maximum Gasteiger partial charge on any atom is 0.139 e. The Morgan fingerprint density at radius 1 is 0.630 bits per heavy atom. The van der Waals surface area contributed by atoms with E-state index in [1.165, 1.54) is 5.56 Å². The van der Waals surface area contributed by atoms with Gasteiger partial charge in [-0.1, -0.05) is 50.6 Å². The summed E-state index contributed by atoms with van der Waals surface area (Å²) in [5.41, 5.74) is 11.5. The van der Waals surface area contributed by atoms with Gasteiger partial charge in [-0.05, 0) is 67.2 Å². The first kappa shape index (κ1) is 32.7. The van der Waals surface area contributed by atoms with E-state index in [0.717, 1.165) is 67.2 Å². The first-order chi connectivity index (χ1) is 21.8. The number of aryl methyl sites for hydroxylation is 2. The molecule has 0 saturated carbocycles. The fourth-order valence-corrected chi connectivity index (χ4v) is 5.20. The van der Waals surface area contributed by atoms with Crippen molar-refractivity contribution in [3.05, 3.63) is 151 Å². The molecule has 0 aliphatic rings. The third-order valence-electron chi connectivity index (χ3n) is 7.71. The minimum Gasteiger partial charge on any atom is -0.456 e. The Bertz CT molecular complexity index is 2010. The SMILES string of the molecule is Cc1ccnc(-c2[c-]ccc(-c3ccc4oc(-c5ccc(C(C)(C)C)nc5)c(C)c4c3)c2)c1.[Ir].[c-]1ccccc1-c1ccccn1. The maximum absolute atomic E-state index is 6.25. The van der Waals surface area contributed by atoms with Crippen LogP contribution in [-0.4, -0.2) is 15.0 Å². The van der Waals surface area contributed by atoms with E-state index in [9.17, 15) is 0 Å². The molecule has 0 aliphatic heterocycles. The van der Waals surface area contributed by atoms with E-state index in [0.29, 0.717) is 0 Å². The molecule has 0 unspecified atom stereocenters. The van der Waals surface area contributed by atoms with Crippen molar-refractivity contribution in [1.29, 1.82) is 0 Å². The maximum atomic E-state index is 6.25. The van der Waals surface area contributed by atoms with Crippen LogP contribution in [0.15, 0.2) is 126 Å². The Hall–Kier alpha value is -4.70. The Kier molecular flexibility index (Phi) is 10.1. The molecule has 46 heavy (non-hydrogen) atoms. The van der Waals surface area contributed by atoms with Gasteiger partial charge in [-0.25, -0.2) is 0 Å². The van der Waals surface area contributed by atoms with Gasteiger partial charge in [0.2, 0.25) is 0 Å². The zero-order valence-corrected chi connectivity index (χ0v) is 29.0. The Balaban J connectivity index is 0.000000269. The second kappa shape index (κ2) is 14.2.